The van der Waals surface area contributed by atoms with Crippen molar-refractivity contribution in [1.82, 2.24) is 9.78 Å². The number of rotatable bonds is 6. The summed E-state index contributed by atoms with van der Waals surface area (Å²) in [5.74, 6) is 1.89. The lowest BCUT2D eigenvalue weighted by Crippen LogP contribution is -2.26. The highest BCUT2D eigenvalue weighted by molar-refractivity contribution is 6.06. The average molecular weight is 455 g/mol. The Balaban J connectivity index is 1.48. The van der Waals surface area contributed by atoms with Crippen LogP contribution < -0.4 is 19.1 Å². The summed E-state index contributed by atoms with van der Waals surface area (Å²) in [7, 11) is 1.69. The molecule has 0 fully saturated rings. The van der Waals surface area contributed by atoms with E-state index in [1.54, 1.807) is 68.6 Å². The molecular formula is C26H21N3O5. The molecule has 34 heavy (non-hydrogen) atoms. The summed E-state index contributed by atoms with van der Waals surface area (Å²) < 4.78 is 18.3. The number of hydrogen-bond acceptors (Lipinski definition) is 6. The third-order valence-electron chi connectivity index (χ3n) is 5.52. The summed E-state index contributed by atoms with van der Waals surface area (Å²) in [5.41, 5.74) is 2.58. The van der Waals surface area contributed by atoms with Crippen LogP contribution in [0.1, 0.15) is 26.4 Å². The van der Waals surface area contributed by atoms with Crippen molar-refractivity contribution < 1.29 is 23.8 Å². The molecule has 0 saturated heterocycles. The Morgan fingerprint density at radius 1 is 1.03 bits per heavy atom. The van der Waals surface area contributed by atoms with Crippen LogP contribution in [0.3, 0.4) is 0 Å². The van der Waals surface area contributed by atoms with E-state index in [0.717, 1.165) is 6.29 Å². The number of anilines is 1. The van der Waals surface area contributed by atoms with Gasteiger partial charge in [0, 0.05) is 24.4 Å². The molecule has 170 valence electrons. The molecule has 4 aromatic rings. The summed E-state index contributed by atoms with van der Waals surface area (Å²) in [4.78, 5) is 26.6. The van der Waals surface area contributed by atoms with Gasteiger partial charge in [-0.3, -0.25) is 9.59 Å². The lowest BCUT2D eigenvalue weighted by atomic mass is 10.1. The summed E-state index contributed by atoms with van der Waals surface area (Å²) in [6.45, 7) is 1.90. The molecule has 1 amide bonds. The van der Waals surface area contributed by atoms with E-state index in [9.17, 15) is 9.59 Å². The summed E-state index contributed by atoms with van der Waals surface area (Å²) in [6, 6.07) is 21.5. The second-order valence-electron chi connectivity index (χ2n) is 7.70. The number of carbonyl (C=O) groups is 2. The van der Waals surface area contributed by atoms with Crippen LogP contribution in [0, 0.1) is 6.92 Å². The summed E-state index contributed by atoms with van der Waals surface area (Å²) in [5, 5.41) is 4.50. The molecule has 0 radical (unpaired) electrons. The van der Waals surface area contributed by atoms with E-state index in [4.69, 9.17) is 14.2 Å². The van der Waals surface area contributed by atoms with E-state index in [1.165, 1.54) is 9.58 Å². The maximum Gasteiger partial charge on any atom is 0.258 e. The molecular weight excluding hydrogens is 434 g/mol. The topological polar surface area (TPSA) is 82.9 Å². The predicted molar refractivity (Wildman–Crippen MR) is 126 cm³/mol. The van der Waals surface area contributed by atoms with Crippen LogP contribution in [0.15, 0.2) is 72.8 Å². The third-order valence-corrected chi connectivity index (χ3v) is 5.52. The Bertz CT molecular complexity index is 1380. The minimum Gasteiger partial charge on any atom is -0.454 e. The molecule has 3 aromatic carbocycles. The van der Waals surface area contributed by atoms with Crippen LogP contribution in [-0.4, -0.2) is 35.8 Å². The fraction of sp³-hybridized carbons (Fsp3) is 0.115. The fourth-order valence-electron chi connectivity index (χ4n) is 3.70. The molecule has 2 heterocycles. The molecule has 0 saturated carbocycles. The molecule has 8 nitrogen and oxygen atoms in total. The molecule has 0 spiro atoms. The van der Waals surface area contributed by atoms with Crippen molar-refractivity contribution in [3.8, 4) is 28.8 Å². The lowest BCUT2D eigenvalue weighted by Gasteiger charge is -2.18. The number of aldehydes is 1. The Kier molecular flexibility index (Phi) is 5.47. The average Bonchev–Trinajstić information content (AvgIpc) is 3.47. The Labute approximate surface area is 195 Å². The number of fused-ring (bicyclic) bond motifs is 1. The van der Waals surface area contributed by atoms with Gasteiger partial charge in [0.25, 0.3) is 5.91 Å². The van der Waals surface area contributed by atoms with Gasteiger partial charge >= 0.3 is 0 Å². The van der Waals surface area contributed by atoms with Gasteiger partial charge in [0.15, 0.2) is 17.8 Å². The smallest absolute Gasteiger partial charge is 0.258 e. The van der Waals surface area contributed by atoms with E-state index in [2.05, 4.69) is 5.10 Å². The predicted octanol–water partition coefficient (Wildman–Crippen LogP) is 4.79. The number of carbonyl (C=O) groups excluding carboxylic acids is 2. The zero-order chi connectivity index (χ0) is 23.7. The van der Waals surface area contributed by atoms with Gasteiger partial charge in [0.2, 0.25) is 12.7 Å². The number of hydrogen-bond donors (Lipinski definition) is 0. The van der Waals surface area contributed by atoms with Crippen LogP contribution in [0.5, 0.6) is 23.1 Å². The van der Waals surface area contributed by atoms with E-state index >= 15 is 0 Å². The number of aryl methyl sites for hydroxylation is 1. The minimum atomic E-state index is -0.217. The Morgan fingerprint density at radius 2 is 1.82 bits per heavy atom. The quantitative estimate of drug-likeness (QED) is 0.389. The summed E-state index contributed by atoms with van der Waals surface area (Å²) in [6.07, 6.45) is 0.722. The molecule has 8 heteroatoms. The molecule has 0 aliphatic carbocycles. The van der Waals surface area contributed by atoms with Crippen molar-refractivity contribution >= 4 is 17.9 Å². The zero-order valence-corrected chi connectivity index (χ0v) is 18.6. The molecule has 0 N–H and O–H groups in total. The maximum absolute atomic E-state index is 13.3. The van der Waals surface area contributed by atoms with Gasteiger partial charge in [-0.1, -0.05) is 24.3 Å². The summed E-state index contributed by atoms with van der Waals surface area (Å²) >= 11 is 0. The first-order valence-corrected chi connectivity index (χ1v) is 10.6. The second kappa shape index (κ2) is 8.74. The highest BCUT2D eigenvalue weighted by Gasteiger charge is 2.21. The van der Waals surface area contributed by atoms with Gasteiger partial charge in [0.05, 0.1) is 16.9 Å². The van der Waals surface area contributed by atoms with E-state index in [1.807, 2.05) is 18.2 Å². The highest BCUT2D eigenvalue weighted by atomic mass is 16.7. The van der Waals surface area contributed by atoms with Gasteiger partial charge in [-0.25, -0.2) is 0 Å². The number of para-hydroxylation sites is 1. The van der Waals surface area contributed by atoms with Crippen LogP contribution in [0.2, 0.25) is 0 Å². The van der Waals surface area contributed by atoms with E-state index in [0.29, 0.717) is 45.4 Å². The number of amides is 1. The van der Waals surface area contributed by atoms with E-state index in [-0.39, 0.29) is 18.6 Å². The molecule has 1 aliphatic rings. The van der Waals surface area contributed by atoms with Crippen molar-refractivity contribution in [3.05, 3.63) is 89.6 Å². The minimum absolute atomic E-state index is 0.165. The maximum atomic E-state index is 13.3. The van der Waals surface area contributed by atoms with Crippen LogP contribution in [0.4, 0.5) is 5.69 Å². The largest absolute Gasteiger partial charge is 0.454 e. The van der Waals surface area contributed by atoms with Crippen molar-refractivity contribution in [1.29, 1.82) is 0 Å². The van der Waals surface area contributed by atoms with Gasteiger partial charge in [0.1, 0.15) is 5.75 Å². The second-order valence-corrected chi connectivity index (χ2v) is 7.70. The first kappa shape index (κ1) is 21.3. The van der Waals surface area contributed by atoms with Gasteiger partial charge in [-0.05, 0) is 49.4 Å². The number of nitrogens with zero attached hydrogens (tertiary/aromatic N) is 3. The SMILES string of the molecule is Cc1nn(-c2cccc(C(=O)N(C)c3ccc4c(c3)OCO4)c2)c(Oc2ccccc2)c1C=O. The zero-order valence-electron chi connectivity index (χ0n) is 18.6. The van der Waals surface area contributed by atoms with Crippen LogP contribution >= 0.6 is 0 Å². The third kappa shape index (κ3) is 3.86. The highest BCUT2D eigenvalue weighted by Crippen LogP contribution is 2.36. The Hall–Kier alpha value is -4.59. The van der Waals surface area contributed by atoms with Crippen LogP contribution in [0.25, 0.3) is 5.69 Å². The van der Waals surface area contributed by atoms with Gasteiger partial charge in [-0.2, -0.15) is 9.78 Å². The first-order valence-electron chi connectivity index (χ1n) is 10.6. The standard InChI is InChI=1S/C26H21N3O5/c1-17-22(15-30)26(34-21-9-4-3-5-10-21)29(27-17)20-8-6-7-18(13-20)25(31)28(2)19-11-12-23-24(14-19)33-16-32-23/h3-15H,16H2,1-2H3. The van der Waals surface area contributed by atoms with E-state index < -0.39 is 0 Å². The normalized spacial score (nSPS) is 11.8. The van der Waals surface area contributed by atoms with Crippen molar-refractivity contribution in [2.75, 3.05) is 18.7 Å². The van der Waals surface area contributed by atoms with Crippen molar-refractivity contribution in [2.45, 2.75) is 6.92 Å². The van der Waals surface area contributed by atoms with Gasteiger partial charge in [-0.15, -0.1) is 0 Å². The molecule has 0 unspecified atom stereocenters. The molecule has 0 atom stereocenters. The number of benzene rings is 3. The lowest BCUT2D eigenvalue weighted by molar-refractivity contribution is 0.0992. The van der Waals surface area contributed by atoms with Crippen LogP contribution in [-0.2, 0) is 0 Å². The monoisotopic (exact) mass is 455 g/mol. The molecule has 5 rings (SSSR count). The van der Waals surface area contributed by atoms with Gasteiger partial charge < -0.3 is 19.1 Å². The van der Waals surface area contributed by atoms with Crippen molar-refractivity contribution in [2.24, 2.45) is 0 Å². The molecule has 1 aromatic heterocycles. The first-order chi connectivity index (χ1) is 16.5. The van der Waals surface area contributed by atoms with Crippen molar-refractivity contribution in [3.63, 3.8) is 0 Å². The fourth-order valence-corrected chi connectivity index (χ4v) is 3.70. The molecule has 1 aliphatic heterocycles. The Morgan fingerprint density at radius 3 is 2.62 bits per heavy atom. The molecule has 0 bridgehead atoms. The number of aromatic nitrogens is 2. The number of ether oxygens (including phenoxy) is 3.